The predicted molar refractivity (Wildman–Crippen MR) is 72.4 cm³/mol. The molecule has 0 saturated carbocycles. The molecule has 2 rings (SSSR count). The Morgan fingerprint density at radius 2 is 1.59 bits per heavy atom. The van der Waals surface area contributed by atoms with Crippen LogP contribution in [0, 0.1) is 6.92 Å². The molecule has 0 aliphatic carbocycles. The highest BCUT2D eigenvalue weighted by Gasteiger charge is 2.04. The second-order valence-corrected chi connectivity index (χ2v) is 4.19. The first-order valence-corrected chi connectivity index (χ1v) is 5.84. The van der Waals surface area contributed by atoms with Gasteiger partial charge in [0.1, 0.15) is 0 Å². The molecule has 17 heavy (non-hydrogen) atoms. The molecule has 0 amide bonds. The minimum atomic E-state index is 0.584. The first kappa shape index (κ1) is 11.8. The van der Waals surface area contributed by atoms with E-state index in [0.717, 1.165) is 5.56 Å². The molecule has 4 N–H and O–H groups in total. The minimum Gasteiger partial charge on any atom is -0.326 e. The maximum atomic E-state index is 5.73. The maximum Gasteiger partial charge on any atom is 0.0180 e. The second kappa shape index (κ2) is 5.13. The van der Waals surface area contributed by atoms with E-state index in [-0.39, 0.29) is 0 Å². The van der Waals surface area contributed by atoms with Crippen LogP contribution >= 0.6 is 0 Å². The minimum absolute atomic E-state index is 0.584. The number of rotatable bonds is 3. The van der Waals surface area contributed by atoms with Gasteiger partial charge in [-0.1, -0.05) is 42.5 Å². The fourth-order valence-electron chi connectivity index (χ4n) is 2.04. The van der Waals surface area contributed by atoms with Crippen LogP contribution in [0.1, 0.15) is 16.7 Å². The second-order valence-electron chi connectivity index (χ2n) is 4.19. The zero-order chi connectivity index (χ0) is 12.3. The fraction of sp³-hybridized carbons (Fsp3) is 0.200. The highest BCUT2D eigenvalue weighted by atomic mass is 14.5. The van der Waals surface area contributed by atoms with E-state index in [2.05, 4.69) is 49.4 Å². The van der Waals surface area contributed by atoms with Crippen molar-refractivity contribution in [2.75, 3.05) is 0 Å². The summed E-state index contributed by atoms with van der Waals surface area (Å²) in [6.45, 7) is 3.29. The molecule has 0 aliphatic heterocycles. The van der Waals surface area contributed by atoms with Gasteiger partial charge in [-0.05, 0) is 34.7 Å². The predicted octanol–water partition coefficient (Wildman–Crippen LogP) is 2.58. The Balaban J connectivity index is 2.45. The van der Waals surface area contributed by atoms with Gasteiger partial charge in [0, 0.05) is 13.1 Å². The Kier molecular flexibility index (Phi) is 3.57. The third-order valence-electron chi connectivity index (χ3n) is 3.17. The Hall–Kier alpha value is -1.64. The average molecular weight is 226 g/mol. The van der Waals surface area contributed by atoms with Crippen LogP contribution in [0.3, 0.4) is 0 Å². The normalized spacial score (nSPS) is 10.5. The summed E-state index contributed by atoms with van der Waals surface area (Å²) in [6.07, 6.45) is 0. The third kappa shape index (κ3) is 2.38. The maximum absolute atomic E-state index is 5.73. The molecular formula is C15H18N2. The van der Waals surface area contributed by atoms with Crippen molar-refractivity contribution in [1.29, 1.82) is 0 Å². The van der Waals surface area contributed by atoms with Gasteiger partial charge in [-0.3, -0.25) is 0 Å². The number of hydrogen-bond acceptors (Lipinski definition) is 2. The summed E-state index contributed by atoms with van der Waals surface area (Å²) in [4.78, 5) is 0. The summed E-state index contributed by atoms with van der Waals surface area (Å²) in [5, 5.41) is 0. The van der Waals surface area contributed by atoms with E-state index in [0.29, 0.717) is 13.1 Å². The molecule has 0 aliphatic rings. The summed E-state index contributed by atoms with van der Waals surface area (Å²) in [5.41, 5.74) is 17.4. The number of hydrogen-bond donors (Lipinski definition) is 2. The Bertz CT molecular complexity index is 501. The molecular weight excluding hydrogens is 208 g/mol. The van der Waals surface area contributed by atoms with Gasteiger partial charge in [-0.25, -0.2) is 0 Å². The summed E-state index contributed by atoms with van der Waals surface area (Å²) >= 11 is 0. The molecule has 0 saturated heterocycles. The zero-order valence-corrected chi connectivity index (χ0v) is 10.1. The Morgan fingerprint density at radius 1 is 0.882 bits per heavy atom. The van der Waals surface area contributed by atoms with Gasteiger partial charge >= 0.3 is 0 Å². The first-order chi connectivity index (χ1) is 8.26. The summed E-state index contributed by atoms with van der Waals surface area (Å²) in [5.74, 6) is 0. The van der Waals surface area contributed by atoms with Gasteiger partial charge < -0.3 is 11.5 Å². The van der Waals surface area contributed by atoms with Gasteiger partial charge in [-0.2, -0.15) is 0 Å². The molecule has 2 heteroatoms. The molecule has 0 radical (unpaired) electrons. The van der Waals surface area contributed by atoms with Crippen LogP contribution in [0.2, 0.25) is 0 Å². The lowest BCUT2D eigenvalue weighted by molar-refractivity contribution is 1.05. The Labute approximate surface area is 102 Å². The van der Waals surface area contributed by atoms with E-state index in [1.807, 2.05) is 0 Å². The number of benzene rings is 2. The molecule has 2 aromatic rings. The highest BCUT2D eigenvalue weighted by molar-refractivity contribution is 5.68. The fourth-order valence-corrected chi connectivity index (χ4v) is 2.04. The highest BCUT2D eigenvalue weighted by Crippen LogP contribution is 2.25. The molecule has 88 valence electrons. The van der Waals surface area contributed by atoms with Gasteiger partial charge in [0.2, 0.25) is 0 Å². The van der Waals surface area contributed by atoms with Crippen LogP contribution in [-0.2, 0) is 13.1 Å². The monoisotopic (exact) mass is 226 g/mol. The lowest BCUT2D eigenvalue weighted by Gasteiger charge is -2.10. The van der Waals surface area contributed by atoms with Gasteiger partial charge in [-0.15, -0.1) is 0 Å². The van der Waals surface area contributed by atoms with Crippen LogP contribution in [0.15, 0.2) is 42.5 Å². The SMILES string of the molecule is Cc1c(CN)cccc1-c1ccc(CN)cc1. The van der Waals surface area contributed by atoms with Gasteiger partial charge in [0.25, 0.3) is 0 Å². The summed E-state index contributed by atoms with van der Waals surface area (Å²) < 4.78 is 0. The molecule has 0 atom stereocenters. The van der Waals surface area contributed by atoms with Crippen LogP contribution in [-0.4, -0.2) is 0 Å². The van der Waals surface area contributed by atoms with E-state index in [9.17, 15) is 0 Å². The van der Waals surface area contributed by atoms with Crippen molar-refractivity contribution in [3.63, 3.8) is 0 Å². The van der Waals surface area contributed by atoms with E-state index < -0.39 is 0 Å². The van der Waals surface area contributed by atoms with E-state index in [1.54, 1.807) is 0 Å². The van der Waals surface area contributed by atoms with Crippen molar-refractivity contribution in [1.82, 2.24) is 0 Å². The van der Waals surface area contributed by atoms with Gasteiger partial charge in [0.15, 0.2) is 0 Å². The van der Waals surface area contributed by atoms with Crippen molar-refractivity contribution in [2.45, 2.75) is 20.0 Å². The molecule has 0 aromatic heterocycles. The van der Waals surface area contributed by atoms with Gasteiger partial charge in [0.05, 0.1) is 0 Å². The van der Waals surface area contributed by atoms with Crippen molar-refractivity contribution < 1.29 is 0 Å². The van der Waals surface area contributed by atoms with Crippen molar-refractivity contribution in [3.8, 4) is 11.1 Å². The smallest absolute Gasteiger partial charge is 0.0180 e. The molecule has 0 spiro atoms. The van der Waals surface area contributed by atoms with Crippen LogP contribution in [0.5, 0.6) is 0 Å². The number of nitrogens with two attached hydrogens (primary N) is 2. The average Bonchev–Trinajstić information content (AvgIpc) is 2.39. The lowest BCUT2D eigenvalue weighted by atomic mass is 9.96. The topological polar surface area (TPSA) is 52.0 Å². The standard InChI is InChI=1S/C15H18N2/c1-11-14(10-17)3-2-4-15(11)13-7-5-12(9-16)6-8-13/h2-8H,9-10,16-17H2,1H3. The lowest BCUT2D eigenvalue weighted by Crippen LogP contribution is -2.00. The van der Waals surface area contributed by atoms with Crippen molar-refractivity contribution in [2.24, 2.45) is 11.5 Å². The molecule has 0 bridgehead atoms. The quantitative estimate of drug-likeness (QED) is 0.845. The Morgan fingerprint density at radius 3 is 2.18 bits per heavy atom. The molecule has 2 nitrogen and oxygen atoms in total. The van der Waals surface area contributed by atoms with E-state index in [1.165, 1.54) is 22.3 Å². The first-order valence-electron chi connectivity index (χ1n) is 5.84. The molecule has 0 heterocycles. The van der Waals surface area contributed by atoms with Crippen LogP contribution in [0.25, 0.3) is 11.1 Å². The van der Waals surface area contributed by atoms with E-state index in [4.69, 9.17) is 11.5 Å². The summed E-state index contributed by atoms with van der Waals surface area (Å²) in [7, 11) is 0. The van der Waals surface area contributed by atoms with Crippen molar-refractivity contribution in [3.05, 3.63) is 59.2 Å². The third-order valence-corrected chi connectivity index (χ3v) is 3.17. The van der Waals surface area contributed by atoms with Crippen molar-refractivity contribution >= 4 is 0 Å². The molecule has 0 unspecified atom stereocenters. The largest absolute Gasteiger partial charge is 0.326 e. The van der Waals surface area contributed by atoms with Crippen LogP contribution in [0.4, 0.5) is 0 Å². The molecule has 0 fully saturated rings. The zero-order valence-electron chi connectivity index (χ0n) is 10.1. The van der Waals surface area contributed by atoms with Crippen LogP contribution < -0.4 is 11.5 Å². The van der Waals surface area contributed by atoms with E-state index >= 15 is 0 Å². The summed E-state index contributed by atoms with van der Waals surface area (Å²) in [6, 6.07) is 14.6. The molecule has 2 aromatic carbocycles.